The highest BCUT2D eigenvalue weighted by atomic mass is 128. The number of rotatable bonds is 2. The summed E-state index contributed by atoms with van der Waals surface area (Å²) in [4.78, 5) is 7.11. The van der Waals surface area contributed by atoms with Gasteiger partial charge in [0, 0.05) is 49.7 Å². The third-order valence-electron chi connectivity index (χ3n) is 3.31. The SMILES string of the molecule is CO/N=C(\C#N)C1CN2CCC1CC2.II. The van der Waals surface area contributed by atoms with Crippen LogP contribution in [0.1, 0.15) is 12.8 Å². The second-order valence-electron chi connectivity index (χ2n) is 4.02. The maximum absolute atomic E-state index is 8.96. The van der Waals surface area contributed by atoms with Crippen molar-refractivity contribution in [1.29, 1.82) is 5.26 Å². The first-order chi connectivity index (χ1) is 7.85. The van der Waals surface area contributed by atoms with Crippen molar-refractivity contribution in [1.82, 2.24) is 4.90 Å². The van der Waals surface area contributed by atoms with E-state index in [1.54, 1.807) is 0 Å². The summed E-state index contributed by atoms with van der Waals surface area (Å²) in [5.74, 6) is 0.955. The highest BCUT2D eigenvalue weighted by Crippen LogP contribution is 2.33. The van der Waals surface area contributed by atoms with Crippen LogP contribution in [0.15, 0.2) is 5.16 Å². The van der Waals surface area contributed by atoms with E-state index in [9.17, 15) is 0 Å². The molecule has 0 amide bonds. The number of nitriles is 1. The number of halogens is 2. The third kappa shape index (κ3) is 3.43. The first kappa shape index (κ1) is 14.4. The lowest BCUT2D eigenvalue weighted by Crippen LogP contribution is -2.49. The van der Waals surface area contributed by atoms with Gasteiger partial charge >= 0.3 is 0 Å². The van der Waals surface area contributed by atoms with Gasteiger partial charge in [-0.05, 0) is 31.8 Å². The summed E-state index contributed by atoms with van der Waals surface area (Å²) < 4.78 is 0. The van der Waals surface area contributed by atoms with Gasteiger partial charge < -0.3 is 9.74 Å². The van der Waals surface area contributed by atoms with Gasteiger partial charge in [0.2, 0.25) is 0 Å². The van der Waals surface area contributed by atoms with Crippen molar-refractivity contribution >= 4 is 42.9 Å². The number of oxime groups is 1. The smallest absolute Gasteiger partial charge is 0.161 e. The summed E-state index contributed by atoms with van der Waals surface area (Å²) in [6, 6.07) is 2.16. The highest BCUT2D eigenvalue weighted by molar-refractivity contribution is 15.0. The molecule has 3 saturated heterocycles. The lowest BCUT2D eigenvalue weighted by Gasteiger charge is -2.43. The predicted octanol–water partition coefficient (Wildman–Crippen LogP) is 2.63. The van der Waals surface area contributed by atoms with E-state index in [4.69, 9.17) is 10.1 Å². The topological polar surface area (TPSA) is 48.6 Å². The lowest BCUT2D eigenvalue weighted by atomic mass is 9.77. The Labute approximate surface area is 120 Å². The van der Waals surface area contributed by atoms with Gasteiger partial charge in [0.05, 0.1) is 0 Å². The molecule has 3 aliphatic rings. The van der Waals surface area contributed by atoms with Gasteiger partial charge in [0.1, 0.15) is 13.2 Å². The van der Waals surface area contributed by atoms with Crippen LogP contribution in [0, 0.1) is 23.2 Å². The van der Waals surface area contributed by atoms with E-state index < -0.39 is 0 Å². The molecule has 2 bridgehead atoms. The molecule has 0 aromatic heterocycles. The van der Waals surface area contributed by atoms with E-state index in [2.05, 4.69) is 53.4 Å². The van der Waals surface area contributed by atoms with Crippen molar-refractivity contribution in [2.45, 2.75) is 12.8 Å². The molecule has 6 heteroatoms. The van der Waals surface area contributed by atoms with Gasteiger partial charge in [-0.1, -0.05) is 5.16 Å². The van der Waals surface area contributed by atoms with E-state index in [1.165, 1.54) is 33.0 Å². The molecule has 0 aromatic rings. The molecule has 1 atom stereocenters. The molecular weight excluding hydrogens is 432 g/mol. The van der Waals surface area contributed by atoms with Crippen LogP contribution in [0.5, 0.6) is 0 Å². The lowest BCUT2D eigenvalue weighted by molar-refractivity contribution is 0.0800. The fourth-order valence-electron chi connectivity index (χ4n) is 2.54. The summed E-state index contributed by atoms with van der Waals surface area (Å²) in [5.41, 5.74) is 0.571. The van der Waals surface area contributed by atoms with Gasteiger partial charge in [-0.15, -0.1) is 0 Å². The normalized spacial score (nSPS) is 32.4. The second kappa shape index (κ2) is 7.66. The number of nitrogens with zero attached hydrogens (tertiary/aromatic N) is 3. The zero-order valence-electron chi connectivity index (χ0n) is 9.20. The minimum absolute atomic E-state index is 0.308. The average molecular weight is 447 g/mol. The van der Waals surface area contributed by atoms with E-state index in [0.29, 0.717) is 17.5 Å². The molecule has 0 spiro atoms. The summed E-state index contributed by atoms with van der Waals surface area (Å²) >= 11 is 4.24. The van der Waals surface area contributed by atoms with Crippen molar-refractivity contribution in [3.63, 3.8) is 0 Å². The molecular formula is C10H15I2N3O. The van der Waals surface area contributed by atoms with Gasteiger partial charge in [-0.3, -0.25) is 0 Å². The molecule has 3 fully saturated rings. The largest absolute Gasteiger partial charge is 0.398 e. The van der Waals surface area contributed by atoms with Crippen LogP contribution >= 0.6 is 37.2 Å². The van der Waals surface area contributed by atoms with Crippen molar-refractivity contribution in [2.75, 3.05) is 26.7 Å². The Morgan fingerprint density at radius 3 is 2.44 bits per heavy atom. The fourth-order valence-corrected chi connectivity index (χ4v) is 2.54. The molecule has 0 aliphatic carbocycles. The minimum Gasteiger partial charge on any atom is -0.398 e. The second-order valence-corrected chi connectivity index (χ2v) is 4.02. The van der Waals surface area contributed by atoms with Crippen molar-refractivity contribution in [3.8, 4) is 6.07 Å². The van der Waals surface area contributed by atoms with E-state index >= 15 is 0 Å². The van der Waals surface area contributed by atoms with Crippen molar-refractivity contribution in [3.05, 3.63) is 0 Å². The summed E-state index contributed by atoms with van der Waals surface area (Å²) in [7, 11) is 1.50. The predicted molar refractivity (Wildman–Crippen MR) is 80.8 cm³/mol. The first-order valence-electron chi connectivity index (χ1n) is 5.23. The van der Waals surface area contributed by atoms with Crippen molar-refractivity contribution < 1.29 is 4.84 Å². The van der Waals surface area contributed by atoms with Crippen LogP contribution in [0.2, 0.25) is 0 Å². The first-order valence-corrected chi connectivity index (χ1v) is 11.5. The molecule has 90 valence electrons. The molecule has 0 saturated carbocycles. The third-order valence-corrected chi connectivity index (χ3v) is 3.31. The number of piperidine rings is 3. The summed E-state index contributed by atoms with van der Waals surface area (Å²) in [5, 5.41) is 12.8. The standard InChI is InChI=1S/C10H15N3O.I2/c1-14-12-10(6-11)9-7-13-4-2-8(9)3-5-13;1-2/h8-9H,2-5,7H2,1H3;/b12-10+;. The monoisotopic (exact) mass is 447 g/mol. The summed E-state index contributed by atoms with van der Waals surface area (Å²) in [6.07, 6.45) is 2.41. The van der Waals surface area contributed by atoms with Crippen LogP contribution < -0.4 is 0 Å². The Morgan fingerprint density at radius 1 is 1.44 bits per heavy atom. The van der Waals surface area contributed by atoms with E-state index in [1.807, 2.05) is 0 Å². The van der Waals surface area contributed by atoms with Gasteiger partial charge in [0.15, 0.2) is 5.71 Å². The number of fused-ring (bicyclic) bond motifs is 3. The molecule has 3 rings (SSSR count). The van der Waals surface area contributed by atoms with Crippen molar-refractivity contribution in [2.24, 2.45) is 17.0 Å². The maximum atomic E-state index is 8.96. The quantitative estimate of drug-likeness (QED) is 0.372. The van der Waals surface area contributed by atoms with E-state index in [0.717, 1.165) is 6.54 Å². The molecule has 0 radical (unpaired) electrons. The van der Waals surface area contributed by atoms with Crippen LogP contribution in [0.4, 0.5) is 0 Å². The van der Waals surface area contributed by atoms with Gasteiger partial charge in [-0.2, -0.15) is 5.26 Å². The van der Waals surface area contributed by atoms with Gasteiger partial charge in [-0.25, -0.2) is 0 Å². The molecule has 3 heterocycles. The highest BCUT2D eigenvalue weighted by Gasteiger charge is 2.37. The average Bonchev–Trinajstić information content (AvgIpc) is 2.39. The molecule has 3 aliphatic heterocycles. The van der Waals surface area contributed by atoms with Crippen LogP contribution in [0.25, 0.3) is 0 Å². The zero-order chi connectivity index (χ0) is 12.0. The minimum atomic E-state index is 0.308. The Hall–Kier alpha value is 0.380. The molecule has 0 aromatic carbocycles. The number of hydrogen-bond donors (Lipinski definition) is 0. The Bertz CT molecular complexity index is 282. The molecule has 0 N–H and O–H groups in total. The summed E-state index contributed by atoms with van der Waals surface area (Å²) in [6.45, 7) is 3.36. The maximum Gasteiger partial charge on any atom is 0.161 e. The number of hydrogen-bond acceptors (Lipinski definition) is 4. The zero-order valence-corrected chi connectivity index (χ0v) is 13.5. The van der Waals surface area contributed by atoms with Gasteiger partial charge in [0.25, 0.3) is 0 Å². The Kier molecular flexibility index (Phi) is 6.91. The fraction of sp³-hybridized carbons (Fsp3) is 0.800. The van der Waals surface area contributed by atoms with E-state index in [-0.39, 0.29) is 0 Å². The Balaban J connectivity index is 0.000000606. The van der Waals surface area contributed by atoms with Crippen LogP contribution in [0.3, 0.4) is 0 Å². The molecule has 16 heavy (non-hydrogen) atoms. The van der Waals surface area contributed by atoms with Crippen LogP contribution in [-0.2, 0) is 4.84 Å². The Morgan fingerprint density at radius 2 is 2.06 bits per heavy atom. The van der Waals surface area contributed by atoms with Crippen LogP contribution in [-0.4, -0.2) is 37.4 Å². The molecule has 4 nitrogen and oxygen atoms in total. The molecule has 1 unspecified atom stereocenters.